The molecular formula is C17H27N3O3. The van der Waals surface area contributed by atoms with Crippen molar-refractivity contribution in [3.8, 4) is 0 Å². The maximum absolute atomic E-state index is 12.5. The summed E-state index contributed by atoms with van der Waals surface area (Å²) >= 11 is 0. The maximum Gasteiger partial charge on any atom is 0.270 e. The van der Waals surface area contributed by atoms with Crippen LogP contribution in [0, 0.1) is 19.8 Å². The fraction of sp³-hybridized carbons (Fsp3) is 0.647. The van der Waals surface area contributed by atoms with Gasteiger partial charge in [-0.05, 0) is 44.2 Å². The molecule has 0 atom stereocenters. The van der Waals surface area contributed by atoms with Crippen molar-refractivity contribution in [1.29, 1.82) is 0 Å². The molecule has 1 aliphatic rings. The number of ether oxygens (including phenoxy) is 1. The predicted octanol–water partition coefficient (Wildman–Crippen LogP) is 1.64. The van der Waals surface area contributed by atoms with Gasteiger partial charge in [-0.25, -0.2) is 0 Å². The zero-order valence-corrected chi connectivity index (χ0v) is 14.3. The van der Waals surface area contributed by atoms with Crippen molar-refractivity contribution in [3.63, 3.8) is 0 Å². The Balaban J connectivity index is 1.78. The number of aromatic nitrogens is 1. The minimum atomic E-state index is 0.0681. The van der Waals surface area contributed by atoms with E-state index in [0.29, 0.717) is 44.3 Å². The first-order valence-corrected chi connectivity index (χ1v) is 8.22. The monoisotopic (exact) mass is 321 g/mol. The molecule has 1 aromatic heterocycles. The lowest BCUT2D eigenvalue weighted by atomic mass is 9.93. The number of carbonyl (C=O) groups excluding carboxylic acids is 2. The second kappa shape index (κ2) is 8.15. The minimum Gasteiger partial charge on any atom is -0.383 e. The van der Waals surface area contributed by atoms with E-state index in [1.165, 1.54) is 0 Å². The lowest BCUT2D eigenvalue weighted by Crippen LogP contribution is -2.40. The van der Waals surface area contributed by atoms with Crippen molar-refractivity contribution in [3.05, 3.63) is 23.0 Å². The summed E-state index contributed by atoms with van der Waals surface area (Å²) in [6.45, 7) is 6.43. The highest BCUT2D eigenvalue weighted by Gasteiger charge is 2.26. The van der Waals surface area contributed by atoms with Crippen LogP contribution >= 0.6 is 0 Å². The number of H-pyrrole nitrogens is 1. The summed E-state index contributed by atoms with van der Waals surface area (Å²) in [5.41, 5.74) is 2.69. The van der Waals surface area contributed by atoms with Gasteiger partial charge >= 0.3 is 0 Å². The molecule has 2 rings (SSSR count). The molecule has 0 radical (unpaired) electrons. The van der Waals surface area contributed by atoms with Crippen LogP contribution in [0.15, 0.2) is 6.07 Å². The van der Waals surface area contributed by atoms with E-state index in [2.05, 4.69) is 10.3 Å². The number of aromatic amines is 1. The SMILES string of the molecule is COCCNC(=O)CC1CCN(C(=O)c2[nH]c(C)cc2C)CC1. The zero-order valence-electron chi connectivity index (χ0n) is 14.3. The Hall–Kier alpha value is -1.82. The second-order valence-corrected chi connectivity index (χ2v) is 6.29. The predicted molar refractivity (Wildman–Crippen MR) is 88.4 cm³/mol. The number of nitrogens with zero attached hydrogens (tertiary/aromatic N) is 1. The van der Waals surface area contributed by atoms with Crippen LogP contribution in [0.4, 0.5) is 0 Å². The third kappa shape index (κ3) is 4.82. The maximum atomic E-state index is 12.5. The first-order chi connectivity index (χ1) is 11.0. The molecule has 6 nitrogen and oxygen atoms in total. The summed E-state index contributed by atoms with van der Waals surface area (Å²) in [5.74, 6) is 0.495. The highest BCUT2D eigenvalue weighted by molar-refractivity contribution is 5.94. The molecular weight excluding hydrogens is 294 g/mol. The number of hydrogen-bond acceptors (Lipinski definition) is 3. The van der Waals surface area contributed by atoms with E-state index in [0.717, 1.165) is 24.1 Å². The van der Waals surface area contributed by atoms with Gasteiger partial charge in [-0.1, -0.05) is 0 Å². The van der Waals surface area contributed by atoms with E-state index in [4.69, 9.17) is 4.74 Å². The van der Waals surface area contributed by atoms with Crippen molar-refractivity contribution in [2.24, 2.45) is 5.92 Å². The molecule has 1 aliphatic heterocycles. The second-order valence-electron chi connectivity index (χ2n) is 6.29. The van der Waals surface area contributed by atoms with Crippen molar-refractivity contribution in [2.75, 3.05) is 33.4 Å². The molecule has 0 aromatic carbocycles. The summed E-state index contributed by atoms with van der Waals surface area (Å²) < 4.78 is 4.91. The fourth-order valence-electron chi connectivity index (χ4n) is 3.08. The third-order valence-electron chi connectivity index (χ3n) is 4.37. The fourth-order valence-corrected chi connectivity index (χ4v) is 3.08. The Morgan fingerprint density at radius 1 is 1.35 bits per heavy atom. The molecule has 2 heterocycles. The largest absolute Gasteiger partial charge is 0.383 e. The quantitative estimate of drug-likeness (QED) is 0.782. The Morgan fingerprint density at radius 3 is 2.61 bits per heavy atom. The highest BCUT2D eigenvalue weighted by Crippen LogP contribution is 2.22. The molecule has 23 heavy (non-hydrogen) atoms. The molecule has 1 fully saturated rings. The van der Waals surface area contributed by atoms with Crippen LogP contribution in [-0.2, 0) is 9.53 Å². The lowest BCUT2D eigenvalue weighted by molar-refractivity contribution is -0.122. The summed E-state index contributed by atoms with van der Waals surface area (Å²) in [6.07, 6.45) is 2.29. The number of likely N-dealkylation sites (tertiary alicyclic amines) is 1. The molecule has 6 heteroatoms. The van der Waals surface area contributed by atoms with Gasteiger partial charge in [-0.2, -0.15) is 0 Å². The summed E-state index contributed by atoms with van der Waals surface area (Å²) in [5, 5.41) is 2.85. The van der Waals surface area contributed by atoms with Gasteiger partial charge < -0.3 is 19.9 Å². The van der Waals surface area contributed by atoms with Crippen molar-refractivity contribution in [2.45, 2.75) is 33.1 Å². The number of rotatable bonds is 6. The molecule has 1 saturated heterocycles. The molecule has 128 valence electrons. The minimum absolute atomic E-state index is 0.0681. The number of carbonyl (C=O) groups is 2. The number of methoxy groups -OCH3 is 1. The number of aryl methyl sites for hydroxylation is 2. The van der Waals surface area contributed by atoms with Crippen molar-refractivity contribution in [1.82, 2.24) is 15.2 Å². The van der Waals surface area contributed by atoms with E-state index in [1.807, 2.05) is 24.8 Å². The molecule has 0 unspecified atom stereocenters. The van der Waals surface area contributed by atoms with E-state index in [-0.39, 0.29) is 11.8 Å². The van der Waals surface area contributed by atoms with Crippen LogP contribution in [0.1, 0.15) is 41.0 Å². The van der Waals surface area contributed by atoms with Crippen molar-refractivity contribution < 1.29 is 14.3 Å². The normalized spacial score (nSPS) is 15.7. The van der Waals surface area contributed by atoms with Crippen LogP contribution in [-0.4, -0.2) is 55.0 Å². The Morgan fingerprint density at radius 2 is 2.04 bits per heavy atom. The number of amides is 2. The zero-order chi connectivity index (χ0) is 16.8. The van der Waals surface area contributed by atoms with E-state index < -0.39 is 0 Å². The molecule has 1 aromatic rings. The third-order valence-corrected chi connectivity index (χ3v) is 4.37. The van der Waals surface area contributed by atoms with Gasteiger partial charge in [0.25, 0.3) is 5.91 Å². The summed E-state index contributed by atoms with van der Waals surface area (Å²) in [4.78, 5) is 29.4. The van der Waals surface area contributed by atoms with Crippen LogP contribution in [0.25, 0.3) is 0 Å². The van der Waals surface area contributed by atoms with Gasteiger partial charge in [0.15, 0.2) is 0 Å². The van der Waals surface area contributed by atoms with E-state index >= 15 is 0 Å². The average Bonchev–Trinajstić information content (AvgIpc) is 2.86. The molecule has 0 saturated carbocycles. The summed E-state index contributed by atoms with van der Waals surface area (Å²) in [7, 11) is 1.62. The van der Waals surface area contributed by atoms with Crippen LogP contribution in [0.5, 0.6) is 0 Å². The smallest absolute Gasteiger partial charge is 0.270 e. The van der Waals surface area contributed by atoms with Gasteiger partial charge in [0.05, 0.1) is 6.61 Å². The number of nitrogens with one attached hydrogen (secondary N) is 2. The topological polar surface area (TPSA) is 74.4 Å². The van der Waals surface area contributed by atoms with Gasteiger partial charge in [0.2, 0.25) is 5.91 Å². The highest BCUT2D eigenvalue weighted by atomic mass is 16.5. The molecule has 2 amide bonds. The molecule has 0 aliphatic carbocycles. The Labute approximate surface area is 137 Å². The molecule has 2 N–H and O–H groups in total. The number of piperidine rings is 1. The van der Waals surface area contributed by atoms with Gasteiger partial charge in [0.1, 0.15) is 5.69 Å². The van der Waals surface area contributed by atoms with Crippen LogP contribution in [0.2, 0.25) is 0 Å². The van der Waals surface area contributed by atoms with Gasteiger partial charge in [0, 0.05) is 38.9 Å². The van der Waals surface area contributed by atoms with Gasteiger partial charge in [-0.15, -0.1) is 0 Å². The summed E-state index contributed by atoms with van der Waals surface area (Å²) in [6, 6.07) is 1.99. The van der Waals surface area contributed by atoms with Crippen molar-refractivity contribution >= 4 is 11.8 Å². The first-order valence-electron chi connectivity index (χ1n) is 8.22. The van der Waals surface area contributed by atoms with Crippen LogP contribution in [0.3, 0.4) is 0 Å². The average molecular weight is 321 g/mol. The number of hydrogen-bond donors (Lipinski definition) is 2. The standard InChI is InChI=1S/C17H27N3O3/c1-12-10-13(2)19-16(12)17(22)20-7-4-14(5-8-20)11-15(21)18-6-9-23-3/h10,14,19H,4-9,11H2,1-3H3,(H,18,21). The van der Waals surface area contributed by atoms with Gasteiger partial charge in [-0.3, -0.25) is 9.59 Å². The van der Waals surface area contributed by atoms with Crippen LogP contribution < -0.4 is 5.32 Å². The van der Waals surface area contributed by atoms with E-state index in [9.17, 15) is 9.59 Å². The molecule has 0 bridgehead atoms. The van der Waals surface area contributed by atoms with E-state index in [1.54, 1.807) is 7.11 Å². The first kappa shape index (κ1) is 17.5. The lowest BCUT2D eigenvalue weighted by Gasteiger charge is -2.31. The Bertz CT molecular complexity index is 545. The molecule has 0 spiro atoms. The Kier molecular flexibility index (Phi) is 6.21.